The molecule has 0 unspecified atom stereocenters. The summed E-state index contributed by atoms with van der Waals surface area (Å²) in [5.74, 6) is 0.182. The normalized spacial score (nSPS) is 29.4. The van der Waals surface area contributed by atoms with Gasteiger partial charge in [0.15, 0.2) is 0 Å². The number of carbonyl (C=O) groups is 1. The highest BCUT2D eigenvalue weighted by Gasteiger charge is 2.37. The number of carbonyl (C=O) groups excluding carboxylic acids is 1. The molecule has 0 aliphatic carbocycles. The van der Waals surface area contributed by atoms with Crippen molar-refractivity contribution in [2.45, 2.75) is 12.6 Å². The second kappa shape index (κ2) is 4.74. The van der Waals surface area contributed by atoms with E-state index in [0.29, 0.717) is 13.2 Å². The van der Waals surface area contributed by atoms with Crippen LogP contribution in [0.25, 0.3) is 0 Å². The first-order chi connectivity index (χ1) is 8.74. The zero-order valence-corrected chi connectivity index (χ0v) is 10.5. The minimum atomic E-state index is -0.0330. The molecule has 18 heavy (non-hydrogen) atoms. The Hall–Kier alpha value is -1.33. The third-order valence-electron chi connectivity index (χ3n) is 3.81. The van der Waals surface area contributed by atoms with Gasteiger partial charge in [-0.2, -0.15) is 0 Å². The van der Waals surface area contributed by atoms with E-state index < -0.39 is 0 Å². The molecule has 3 rings (SSSR count). The Morgan fingerprint density at radius 2 is 2.28 bits per heavy atom. The van der Waals surface area contributed by atoms with Crippen molar-refractivity contribution in [1.82, 2.24) is 9.80 Å². The van der Waals surface area contributed by atoms with Crippen LogP contribution in [0.4, 0.5) is 0 Å². The maximum atomic E-state index is 12.2. The third kappa shape index (κ3) is 2.15. The molecular weight excluding hydrogens is 232 g/mol. The Kier molecular flexibility index (Phi) is 3.09. The minimum Gasteiger partial charge on any atom is -0.472 e. The van der Waals surface area contributed by atoms with Gasteiger partial charge in [-0.15, -0.1) is 0 Å². The van der Waals surface area contributed by atoms with Gasteiger partial charge in [0.05, 0.1) is 37.7 Å². The molecule has 1 aromatic rings. The smallest absolute Gasteiger partial charge is 0.229 e. The molecule has 5 heteroatoms. The minimum absolute atomic E-state index is 0.0330. The highest BCUT2D eigenvalue weighted by molar-refractivity contribution is 5.79. The van der Waals surface area contributed by atoms with Gasteiger partial charge in [-0.05, 0) is 6.07 Å². The van der Waals surface area contributed by atoms with E-state index >= 15 is 0 Å². The van der Waals surface area contributed by atoms with Gasteiger partial charge in [-0.1, -0.05) is 0 Å². The number of hydrogen-bond acceptors (Lipinski definition) is 4. The molecule has 2 fully saturated rings. The average Bonchev–Trinajstić information content (AvgIpc) is 2.76. The number of ether oxygens (including phenoxy) is 1. The van der Waals surface area contributed by atoms with Crippen molar-refractivity contribution < 1.29 is 13.9 Å². The van der Waals surface area contributed by atoms with E-state index in [0.717, 1.165) is 25.2 Å². The monoisotopic (exact) mass is 250 g/mol. The molecule has 0 radical (unpaired) electrons. The van der Waals surface area contributed by atoms with E-state index in [1.807, 2.05) is 18.0 Å². The third-order valence-corrected chi connectivity index (χ3v) is 3.81. The van der Waals surface area contributed by atoms with E-state index in [4.69, 9.17) is 9.15 Å². The summed E-state index contributed by atoms with van der Waals surface area (Å²) in [6.07, 6.45) is 3.46. The second-order valence-corrected chi connectivity index (χ2v) is 5.16. The van der Waals surface area contributed by atoms with E-state index in [-0.39, 0.29) is 17.9 Å². The molecule has 2 atom stereocenters. The van der Waals surface area contributed by atoms with Crippen LogP contribution in [0.5, 0.6) is 0 Å². The van der Waals surface area contributed by atoms with Gasteiger partial charge in [0.1, 0.15) is 0 Å². The highest BCUT2D eigenvalue weighted by atomic mass is 16.5. The molecule has 1 amide bonds. The Labute approximate surface area is 106 Å². The standard InChI is InChI=1S/C13H18N2O3/c1-14-12-6-15(4-10-2-3-17-7-10)5-11(13(14)16)8-18-9-12/h2-3,7,11-12H,4-6,8-9H2,1H3/t11-,12+/m1/s1. The lowest BCUT2D eigenvalue weighted by Crippen LogP contribution is -2.42. The summed E-state index contributed by atoms with van der Waals surface area (Å²) >= 11 is 0. The van der Waals surface area contributed by atoms with Crippen LogP contribution in [-0.4, -0.2) is 55.1 Å². The van der Waals surface area contributed by atoms with Gasteiger partial charge in [-0.3, -0.25) is 9.69 Å². The van der Waals surface area contributed by atoms with Gasteiger partial charge in [0.2, 0.25) is 5.91 Å². The number of nitrogens with zero attached hydrogens (tertiary/aromatic N) is 2. The van der Waals surface area contributed by atoms with Crippen molar-refractivity contribution in [2.75, 3.05) is 33.4 Å². The largest absolute Gasteiger partial charge is 0.472 e. The summed E-state index contributed by atoms with van der Waals surface area (Å²) in [6.45, 7) is 3.65. The number of likely N-dealkylation sites (N-methyl/N-ethyl adjacent to an activating group) is 1. The maximum absolute atomic E-state index is 12.2. The van der Waals surface area contributed by atoms with Crippen LogP contribution in [-0.2, 0) is 16.1 Å². The molecule has 0 N–H and O–H groups in total. The van der Waals surface area contributed by atoms with Gasteiger partial charge in [0, 0.05) is 32.2 Å². The summed E-state index contributed by atoms with van der Waals surface area (Å²) in [4.78, 5) is 16.4. The Bertz CT molecular complexity index is 418. The van der Waals surface area contributed by atoms with Crippen LogP contribution in [0.3, 0.4) is 0 Å². The molecule has 5 nitrogen and oxygen atoms in total. The van der Waals surface area contributed by atoms with Crippen molar-refractivity contribution in [3.63, 3.8) is 0 Å². The van der Waals surface area contributed by atoms with Gasteiger partial charge >= 0.3 is 0 Å². The topological polar surface area (TPSA) is 45.9 Å². The zero-order valence-electron chi connectivity index (χ0n) is 10.5. The van der Waals surface area contributed by atoms with Crippen LogP contribution in [0.2, 0.25) is 0 Å². The number of furan rings is 1. The van der Waals surface area contributed by atoms with Crippen LogP contribution in [0.15, 0.2) is 23.0 Å². The summed E-state index contributed by atoms with van der Waals surface area (Å²) in [7, 11) is 1.88. The van der Waals surface area contributed by atoms with E-state index in [2.05, 4.69) is 4.90 Å². The molecule has 2 aliphatic rings. The fourth-order valence-electron chi connectivity index (χ4n) is 2.76. The Morgan fingerprint density at radius 3 is 3.06 bits per heavy atom. The molecule has 0 spiro atoms. The first kappa shape index (κ1) is 11.7. The van der Waals surface area contributed by atoms with Crippen LogP contribution in [0.1, 0.15) is 5.56 Å². The van der Waals surface area contributed by atoms with Crippen molar-refractivity contribution in [2.24, 2.45) is 5.92 Å². The predicted molar refractivity (Wildman–Crippen MR) is 64.9 cm³/mol. The molecule has 2 aliphatic heterocycles. The molecule has 98 valence electrons. The molecule has 2 saturated heterocycles. The van der Waals surface area contributed by atoms with Crippen molar-refractivity contribution in [1.29, 1.82) is 0 Å². The van der Waals surface area contributed by atoms with E-state index in [1.165, 1.54) is 0 Å². The predicted octanol–water partition coefficient (Wildman–Crippen LogP) is 0.569. The molecule has 1 aromatic heterocycles. The molecule has 0 aromatic carbocycles. The second-order valence-electron chi connectivity index (χ2n) is 5.16. The van der Waals surface area contributed by atoms with Gasteiger partial charge in [-0.25, -0.2) is 0 Å². The lowest BCUT2D eigenvalue weighted by molar-refractivity contribution is -0.133. The molecule has 0 saturated carbocycles. The molecule has 2 bridgehead atoms. The molecular formula is C13H18N2O3. The highest BCUT2D eigenvalue weighted by Crippen LogP contribution is 2.21. The molecule has 3 heterocycles. The number of amides is 1. The van der Waals surface area contributed by atoms with Gasteiger partial charge < -0.3 is 14.1 Å². The number of hydrogen-bond donors (Lipinski definition) is 0. The summed E-state index contributed by atoms with van der Waals surface area (Å²) in [5, 5.41) is 0. The fraction of sp³-hybridized carbons (Fsp3) is 0.615. The first-order valence-electron chi connectivity index (χ1n) is 6.32. The Balaban J connectivity index is 1.76. The van der Waals surface area contributed by atoms with E-state index in [1.54, 1.807) is 12.5 Å². The summed E-state index contributed by atoms with van der Waals surface area (Å²) < 4.78 is 10.7. The number of rotatable bonds is 2. The Morgan fingerprint density at radius 1 is 1.39 bits per heavy atom. The van der Waals surface area contributed by atoms with Crippen molar-refractivity contribution in [3.8, 4) is 0 Å². The maximum Gasteiger partial charge on any atom is 0.229 e. The van der Waals surface area contributed by atoms with Crippen molar-refractivity contribution in [3.05, 3.63) is 24.2 Å². The van der Waals surface area contributed by atoms with E-state index in [9.17, 15) is 4.79 Å². The quantitative estimate of drug-likeness (QED) is 0.770. The summed E-state index contributed by atoms with van der Waals surface area (Å²) in [5.41, 5.74) is 1.16. The van der Waals surface area contributed by atoms with Gasteiger partial charge in [0.25, 0.3) is 0 Å². The lowest BCUT2D eigenvalue weighted by Gasteiger charge is -2.28. The average molecular weight is 250 g/mol. The fourth-order valence-corrected chi connectivity index (χ4v) is 2.76. The zero-order chi connectivity index (χ0) is 12.5. The van der Waals surface area contributed by atoms with Crippen LogP contribution >= 0.6 is 0 Å². The SMILES string of the molecule is CN1C(=O)[C@H]2COC[C@@H]1CN(Cc1ccoc1)C2. The van der Waals surface area contributed by atoms with Crippen molar-refractivity contribution >= 4 is 5.91 Å². The lowest BCUT2D eigenvalue weighted by atomic mass is 10.1. The van der Waals surface area contributed by atoms with Crippen LogP contribution in [0, 0.1) is 5.92 Å². The first-order valence-corrected chi connectivity index (χ1v) is 6.32. The summed E-state index contributed by atoms with van der Waals surface area (Å²) in [6, 6.07) is 2.14. The number of fused-ring (bicyclic) bond motifs is 3. The van der Waals surface area contributed by atoms with Crippen LogP contribution < -0.4 is 0 Å².